The van der Waals surface area contributed by atoms with E-state index in [0.29, 0.717) is 13.0 Å². The van der Waals surface area contributed by atoms with Crippen molar-refractivity contribution in [3.8, 4) is 0 Å². The van der Waals surface area contributed by atoms with Crippen LogP contribution >= 0.6 is 0 Å². The third-order valence-corrected chi connectivity index (χ3v) is 4.18. The smallest absolute Gasteiger partial charge is 0.248 e. The molecule has 116 valence electrons. The predicted molar refractivity (Wildman–Crippen MR) is 83.3 cm³/mol. The average molecular weight is 291 g/mol. The average Bonchev–Trinajstić information content (AvgIpc) is 2.48. The molecule has 2 rings (SSSR count). The van der Waals surface area contributed by atoms with Crippen molar-refractivity contribution in [2.75, 3.05) is 19.6 Å². The summed E-state index contributed by atoms with van der Waals surface area (Å²) in [6, 6.07) is 3.74. The number of aromatic amines is 1. The van der Waals surface area contributed by atoms with Crippen LogP contribution < -0.4 is 10.9 Å². The molecule has 1 heterocycles. The highest BCUT2D eigenvalue weighted by molar-refractivity contribution is 5.76. The topological polar surface area (TPSA) is 65.2 Å². The Morgan fingerprint density at radius 1 is 1.38 bits per heavy atom. The van der Waals surface area contributed by atoms with E-state index in [9.17, 15) is 9.59 Å². The molecule has 0 fully saturated rings. The molecular formula is C16H25N3O2. The number of hydrogen-bond acceptors (Lipinski definition) is 3. The van der Waals surface area contributed by atoms with Gasteiger partial charge in [0.2, 0.25) is 11.5 Å². The maximum atomic E-state index is 12.0. The first-order valence-electron chi connectivity index (χ1n) is 7.89. The highest BCUT2D eigenvalue weighted by Gasteiger charge is 2.20. The summed E-state index contributed by atoms with van der Waals surface area (Å²) in [5.41, 5.74) is 2.18. The van der Waals surface area contributed by atoms with E-state index in [1.807, 2.05) is 24.8 Å². The van der Waals surface area contributed by atoms with Gasteiger partial charge in [0.15, 0.2) is 0 Å². The van der Waals surface area contributed by atoms with E-state index in [4.69, 9.17) is 0 Å². The SMILES string of the molecule is CCN(CC)C(=O)CCNC1CCCc2[nH]c(=O)ccc21. The molecule has 1 aliphatic rings. The lowest BCUT2D eigenvalue weighted by Crippen LogP contribution is -2.34. The van der Waals surface area contributed by atoms with Crippen LogP contribution in [0, 0.1) is 0 Å². The molecule has 5 nitrogen and oxygen atoms in total. The second-order valence-corrected chi connectivity index (χ2v) is 5.47. The summed E-state index contributed by atoms with van der Waals surface area (Å²) >= 11 is 0. The summed E-state index contributed by atoms with van der Waals surface area (Å²) < 4.78 is 0. The highest BCUT2D eigenvalue weighted by atomic mass is 16.2. The Bertz CT molecular complexity index is 535. The second kappa shape index (κ2) is 7.41. The standard InChI is InChI=1S/C16H25N3O2/c1-3-19(4-2)16(21)10-11-17-13-6-5-7-14-12(13)8-9-15(20)18-14/h8-9,13,17H,3-7,10-11H2,1-2H3,(H,18,20). The molecule has 0 aromatic carbocycles. The van der Waals surface area contributed by atoms with Crippen molar-refractivity contribution in [1.82, 2.24) is 15.2 Å². The Morgan fingerprint density at radius 2 is 2.14 bits per heavy atom. The van der Waals surface area contributed by atoms with Crippen molar-refractivity contribution in [2.45, 2.75) is 45.6 Å². The van der Waals surface area contributed by atoms with Gasteiger partial charge in [-0.05, 0) is 38.7 Å². The summed E-state index contributed by atoms with van der Waals surface area (Å²) in [7, 11) is 0. The molecule has 0 aliphatic heterocycles. The summed E-state index contributed by atoms with van der Waals surface area (Å²) in [6.07, 6.45) is 3.58. The normalized spacial score (nSPS) is 17.3. The Kier molecular flexibility index (Phi) is 5.56. The molecule has 1 aromatic heterocycles. The van der Waals surface area contributed by atoms with Crippen LogP contribution in [0.4, 0.5) is 0 Å². The lowest BCUT2D eigenvalue weighted by atomic mass is 9.91. The van der Waals surface area contributed by atoms with Gasteiger partial charge in [0, 0.05) is 43.9 Å². The second-order valence-electron chi connectivity index (χ2n) is 5.47. The van der Waals surface area contributed by atoms with E-state index >= 15 is 0 Å². The Balaban J connectivity index is 1.91. The minimum atomic E-state index is -0.0360. The van der Waals surface area contributed by atoms with Crippen molar-refractivity contribution in [3.63, 3.8) is 0 Å². The zero-order chi connectivity index (χ0) is 15.2. The number of nitrogens with zero attached hydrogens (tertiary/aromatic N) is 1. The first-order valence-corrected chi connectivity index (χ1v) is 7.89. The van der Waals surface area contributed by atoms with Gasteiger partial charge in [-0.1, -0.05) is 6.07 Å². The maximum Gasteiger partial charge on any atom is 0.248 e. The Morgan fingerprint density at radius 3 is 2.86 bits per heavy atom. The molecule has 2 N–H and O–H groups in total. The molecule has 1 aromatic rings. The molecule has 0 radical (unpaired) electrons. The van der Waals surface area contributed by atoms with E-state index in [2.05, 4.69) is 10.3 Å². The van der Waals surface area contributed by atoms with Crippen molar-refractivity contribution < 1.29 is 4.79 Å². The molecule has 1 unspecified atom stereocenters. The maximum absolute atomic E-state index is 12.0. The highest BCUT2D eigenvalue weighted by Crippen LogP contribution is 2.27. The number of pyridine rings is 1. The van der Waals surface area contributed by atoms with Gasteiger partial charge in [0.25, 0.3) is 0 Å². The fraction of sp³-hybridized carbons (Fsp3) is 0.625. The van der Waals surface area contributed by atoms with Crippen molar-refractivity contribution >= 4 is 5.91 Å². The number of amides is 1. The summed E-state index contributed by atoms with van der Waals surface area (Å²) in [4.78, 5) is 28.1. The third kappa shape index (κ3) is 3.94. The quantitative estimate of drug-likeness (QED) is 0.836. The minimum absolute atomic E-state index is 0.0360. The number of carbonyl (C=O) groups excluding carboxylic acids is 1. The van der Waals surface area contributed by atoms with Gasteiger partial charge in [-0.3, -0.25) is 9.59 Å². The fourth-order valence-electron chi connectivity index (χ4n) is 3.00. The van der Waals surface area contributed by atoms with E-state index in [0.717, 1.165) is 38.0 Å². The number of aromatic nitrogens is 1. The monoisotopic (exact) mass is 291 g/mol. The first kappa shape index (κ1) is 15.8. The van der Waals surface area contributed by atoms with Crippen LogP contribution in [0.25, 0.3) is 0 Å². The van der Waals surface area contributed by atoms with E-state index in [1.54, 1.807) is 6.07 Å². The van der Waals surface area contributed by atoms with Gasteiger partial charge < -0.3 is 15.2 Å². The largest absolute Gasteiger partial charge is 0.343 e. The molecule has 0 spiro atoms. The van der Waals surface area contributed by atoms with Crippen molar-refractivity contribution in [1.29, 1.82) is 0 Å². The molecule has 1 amide bonds. The Labute approximate surface area is 125 Å². The molecule has 1 aliphatic carbocycles. The van der Waals surface area contributed by atoms with Crippen LogP contribution in [0.5, 0.6) is 0 Å². The van der Waals surface area contributed by atoms with Crippen LogP contribution in [-0.2, 0) is 11.2 Å². The number of fused-ring (bicyclic) bond motifs is 1. The molecule has 0 saturated carbocycles. The van der Waals surface area contributed by atoms with Gasteiger partial charge in [0.1, 0.15) is 0 Å². The summed E-state index contributed by atoms with van der Waals surface area (Å²) in [6.45, 7) is 6.22. The van der Waals surface area contributed by atoms with E-state index < -0.39 is 0 Å². The zero-order valence-electron chi connectivity index (χ0n) is 12.9. The van der Waals surface area contributed by atoms with Crippen LogP contribution in [0.3, 0.4) is 0 Å². The number of H-pyrrole nitrogens is 1. The zero-order valence-corrected chi connectivity index (χ0v) is 12.9. The van der Waals surface area contributed by atoms with E-state index in [-0.39, 0.29) is 17.5 Å². The van der Waals surface area contributed by atoms with Crippen LogP contribution in [-0.4, -0.2) is 35.4 Å². The third-order valence-electron chi connectivity index (χ3n) is 4.18. The molecular weight excluding hydrogens is 266 g/mol. The number of hydrogen-bond donors (Lipinski definition) is 2. The molecule has 5 heteroatoms. The van der Waals surface area contributed by atoms with Gasteiger partial charge in [-0.25, -0.2) is 0 Å². The first-order chi connectivity index (χ1) is 10.2. The fourth-order valence-corrected chi connectivity index (χ4v) is 3.00. The van der Waals surface area contributed by atoms with Crippen molar-refractivity contribution in [3.05, 3.63) is 33.7 Å². The van der Waals surface area contributed by atoms with Crippen LogP contribution in [0.2, 0.25) is 0 Å². The molecule has 0 bridgehead atoms. The van der Waals surface area contributed by atoms with Gasteiger partial charge in [-0.15, -0.1) is 0 Å². The van der Waals surface area contributed by atoms with E-state index in [1.165, 1.54) is 5.56 Å². The van der Waals surface area contributed by atoms with Crippen LogP contribution in [0.1, 0.15) is 50.4 Å². The van der Waals surface area contributed by atoms with Crippen molar-refractivity contribution in [2.24, 2.45) is 0 Å². The minimum Gasteiger partial charge on any atom is -0.343 e. The summed E-state index contributed by atoms with van der Waals surface area (Å²) in [5.74, 6) is 0.199. The predicted octanol–water partition coefficient (Wildman–Crippen LogP) is 1.60. The number of aryl methyl sites for hydroxylation is 1. The van der Waals surface area contributed by atoms with Crippen LogP contribution in [0.15, 0.2) is 16.9 Å². The number of rotatable bonds is 6. The lowest BCUT2D eigenvalue weighted by Gasteiger charge is -2.26. The number of nitrogens with one attached hydrogen (secondary N) is 2. The van der Waals surface area contributed by atoms with Gasteiger partial charge >= 0.3 is 0 Å². The lowest BCUT2D eigenvalue weighted by molar-refractivity contribution is -0.130. The number of carbonyl (C=O) groups is 1. The molecule has 1 atom stereocenters. The molecule has 0 saturated heterocycles. The van der Waals surface area contributed by atoms with Gasteiger partial charge in [0.05, 0.1) is 0 Å². The van der Waals surface area contributed by atoms with Gasteiger partial charge in [-0.2, -0.15) is 0 Å². The Hall–Kier alpha value is -1.62. The summed E-state index contributed by atoms with van der Waals surface area (Å²) in [5, 5.41) is 3.46. The molecule has 21 heavy (non-hydrogen) atoms.